The van der Waals surface area contributed by atoms with Crippen LogP contribution in [0, 0.1) is 5.92 Å². The number of fused-ring (bicyclic) bond motifs is 3. The molecule has 2 aromatic carbocycles. The summed E-state index contributed by atoms with van der Waals surface area (Å²) in [5, 5.41) is 6.27. The summed E-state index contributed by atoms with van der Waals surface area (Å²) >= 11 is 0. The number of nitrogens with one attached hydrogen (secondary N) is 1. The van der Waals surface area contributed by atoms with Crippen LogP contribution in [0.4, 0.5) is 0 Å². The molecule has 132 valence electrons. The van der Waals surface area contributed by atoms with E-state index in [9.17, 15) is 4.79 Å². The van der Waals surface area contributed by atoms with E-state index in [-0.39, 0.29) is 18.3 Å². The third kappa shape index (κ3) is 3.04. The molecule has 2 aliphatic heterocycles. The fraction of sp³-hybridized carbons (Fsp3) is 0.476. The van der Waals surface area contributed by atoms with E-state index in [1.54, 1.807) is 0 Å². The number of amides is 1. The van der Waals surface area contributed by atoms with Crippen LogP contribution in [0.2, 0.25) is 0 Å². The molecule has 5 rings (SSSR count). The van der Waals surface area contributed by atoms with E-state index in [1.807, 2.05) is 0 Å². The number of hydrogen-bond acceptors (Lipinski definition) is 2. The number of halogens is 1. The molecular formula is C21H25ClN2O. The highest BCUT2D eigenvalue weighted by atomic mass is 35.5. The highest BCUT2D eigenvalue weighted by Gasteiger charge is 2.47. The summed E-state index contributed by atoms with van der Waals surface area (Å²) in [7, 11) is 0. The van der Waals surface area contributed by atoms with Gasteiger partial charge in [0.1, 0.15) is 0 Å². The molecule has 4 atom stereocenters. The maximum Gasteiger partial charge on any atom is 0.226 e. The molecule has 2 heterocycles. The zero-order valence-corrected chi connectivity index (χ0v) is 15.2. The van der Waals surface area contributed by atoms with Crippen LogP contribution in [0.25, 0.3) is 10.8 Å². The van der Waals surface area contributed by atoms with Crippen LogP contribution in [0.15, 0.2) is 42.5 Å². The Hall–Kier alpha value is -1.58. The quantitative estimate of drug-likeness (QED) is 0.889. The van der Waals surface area contributed by atoms with Crippen molar-refractivity contribution in [1.82, 2.24) is 10.2 Å². The van der Waals surface area contributed by atoms with E-state index in [2.05, 4.69) is 52.7 Å². The summed E-state index contributed by atoms with van der Waals surface area (Å²) in [6.45, 7) is 1.85. The lowest BCUT2D eigenvalue weighted by molar-refractivity contribution is -0.132. The molecule has 1 N–H and O–H groups in total. The third-order valence-electron chi connectivity index (χ3n) is 6.17. The van der Waals surface area contributed by atoms with Crippen LogP contribution in [0.5, 0.6) is 0 Å². The number of carbonyl (C=O) groups is 1. The van der Waals surface area contributed by atoms with Crippen molar-refractivity contribution in [2.45, 2.75) is 43.7 Å². The third-order valence-corrected chi connectivity index (χ3v) is 6.17. The zero-order valence-electron chi connectivity index (χ0n) is 14.4. The SMILES string of the molecule is Cl.O=C(C1CC1c1cccc2ccccc12)N1CCC2CCC(C1)N2. The molecule has 3 aliphatic rings. The summed E-state index contributed by atoms with van der Waals surface area (Å²) in [5.41, 5.74) is 1.36. The van der Waals surface area contributed by atoms with Crippen LogP contribution in [0.3, 0.4) is 0 Å². The van der Waals surface area contributed by atoms with E-state index in [4.69, 9.17) is 0 Å². The van der Waals surface area contributed by atoms with Gasteiger partial charge in [-0.15, -0.1) is 12.4 Å². The van der Waals surface area contributed by atoms with Gasteiger partial charge in [0.25, 0.3) is 0 Å². The minimum absolute atomic E-state index is 0. The smallest absolute Gasteiger partial charge is 0.226 e. The van der Waals surface area contributed by atoms with Crippen molar-refractivity contribution in [3.8, 4) is 0 Å². The predicted octanol–water partition coefficient (Wildman–Crippen LogP) is 3.72. The summed E-state index contributed by atoms with van der Waals surface area (Å²) in [6, 6.07) is 16.2. The Balaban J connectivity index is 0.00000157. The molecular weight excluding hydrogens is 332 g/mol. The first-order valence-corrected chi connectivity index (χ1v) is 9.32. The van der Waals surface area contributed by atoms with Gasteiger partial charge in [0.05, 0.1) is 0 Å². The van der Waals surface area contributed by atoms with Gasteiger partial charge in [0.2, 0.25) is 5.91 Å². The fourth-order valence-corrected chi connectivity index (χ4v) is 4.76. The van der Waals surface area contributed by atoms with Crippen molar-refractivity contribution >= 4 is 29.1 Å². The van der Waals surface area contributed by atoms with Gasteiger partial charge in [-0.2, -0.15) is 0 Å². The molecule has 0 aromatic heterocycles. The van der Waals surface area contributed by atoms with Crippen molar-refractivity contribution in [3.63, 3.8) is 0 Å². The van der Waals surface area contributed by atoms with Crippen LogP contribution in [-0.2, 0) is 4.79 Å². The first-order valence-electron chi connectivity index (χ1n) is 9.32. The molecule has 3 nitrogen and oxygen atoms in total. The molecule has 2 aromatic rings. The molecule has 3 fully saturated rings. The van der Waals surface area contributed by atoms with E-state index in [1.165, 1.54) is 29.2 Å². The Kier molecular flexibility index (Phi) is 4.47. The molecule has 4 heteroatoms. The normalized spacial score (nSPS) is 30.6. The van der Waals surface area contributed by atoms with E-state index in [0.29, 0.717) is 23.9 Å². The van der Waals surface area contributed by atoms with Crippen LogP contribution in [-0.4, -0.2) is 36.0 Å². The molecule has 1 saturated carbocycles. The van der Waals surface area contributed by atoms with Crippen molar-refractivity contribution < 1.29 is 4.79 Å². The molecule has 4 unspecified atom stereocenters. The van der Waals surface area contributed by atoms with Crippen molar-refractivity contribution in [1.29, 1.82) is 0 Å². The highest BCUT2D eigenvalue weighted by molar-refractivity contribution is 5.89. The van der Waals surface area contributed by atoms with E-state index < -0.39 is 0 Å². The summed E-state index contributed by atoms with van der Waals surface area (Å²) in [5.74, 6) is 1.01. The maximum absolute atomic E-state index is 13.0. The second kappa shape index (κ2) is 6.62. The Bertz CT molecular complexity index is 787. The second-order valence-corrected chi connectivity index (χ2v) is 7.73. The zero-order chi connectivity index (χ0) is 16.1. The molecule has 25 heavy (non-hydrogen) atoms. The number of rotatable bonds is 2. The van der Waals surface area contributed by atoms with Gasteiger partial charge in [-0.25, -0.2) is 0 Å². The largest absolute Gasteiger partial charge is 0.341 e. The lowest BCUT2D eigenvalue weighted by Crippen LogP contribution is -2.40. The lowest BCUT2D eigenvalue weighted by atomic mass is 10.00. The van der Waals surface area contributed by atoms with Gasteiger partial charge in [-0.1, -0.05) is 42.5 Å². The topological polar surface area (TPSA) is 32.3 Å². The van der Waals surface area contributed by atoms with Crippen LogP contribution >= 0.6 is 12.4 Å². The average Bonchev–Trinajstić information content (AvgIpc) is 3.32. The van der Waals surface area contributed by atoms with Crippen LogP contribution in [0.1, 0.15) is 37.2 Å². The standard InChI is InChI=1S/C21H24N2O.ClH/c24-21(23-11-10-15-8-9-16(13-23)22-15)20-12-19(20)18-7-3-5-14-4-1-2-6-17(14)18;/h1-7,15-16,19-20,22H,8-13H2;1H. The Morgan fingerprint density at radius 3 is 2.72 bits per heavy atom. The van der Waals surface area contributed by atoms with Gasteiger partial charge in [0, 0.05) is 31.1 Å². The van der Waals surface area contributed by atoms with Crippen LogP contribution < -0.4 is 5.32 Å². The maximum atomic E-state index is 13.0. The number of benzene rings is 2. The highest BCUT2D eigenvalue weighted by Crippen LogP contribution is 2.50. The lowest BCUT2D eigenvalue weighted by Gasteiger charge is -2.24. The number of carbonyl (C=O) groups excluding carboxylic acids is 1. The molecule has 1 aliphatic carbocycles. The van der Waals surface area contributed by atoms with Crippen molar-refractivity contribution in [2.24, 2.45) is 5.92 Å². The first kappa shape index (κ1) is 16.9. The molecule has 0 radical (unpaired) electrons. The average molecular weight is 357 g/mol. The monoisotopic (exact) mass is 356 g/mol. The number of nitrogens with zero attached hydrogens (tertiary/aromatic N) is 1. The molecule has 1 amide bonds. The number of likely N-dealkylation sites (tertiary alicyclic amines) is 1. The van der Waals surface area contributed by atoms with Gasteiger partial charge < -0.3 is 10.2 Å². The number of hydrogen-bond donors (Lipinski definition) is 1. The Morgan fingerprint density at radius 2 is 1.80 bits per heavy atom. The molecule has 2 saturated heterocycles. The summed E-state index contributed by atoms with van der Waals surface area (Å²) in [6.07, 6.45) is 4.65. The summed E-state index contributed by atoms with van der Waals surface area (Å²) < 4.78 is 0. The summed E-state index contributed by atoms with van der Waals surface area (Å²) in [4.78, 5) is 15.2. The van der Waals surface area contributed by atoms with Crippen molar-refractivity contribution in [2.75, 3.05) is 13.1 Å². The predicted molar refractivity (Wildman–Crippen MR) is 103 cm³/mol. The van der Waals surface area contributed by atoms with Crippen molar-refractivity contribution in [3.05, 3.63) is 48.0 Å². The second-order valence-electron chi connectivity index (χ2n) is 7.73. The van der Waals surface area contributed by atoms with Gasteiger partial charge in [-0.3, -0.25) is 4.79 Å². The van der Waals surface area contributed by atoms with E-state index in [0.717, 1.165) is 25.9 Å². The Labute approximate surface area is 155 Å². The minimum Gasteiger partial charge on any atom is -0.341 e. The van der Waals surface area contributed by atoms with Gasteiger partial charge in [-0.05, 0) is 47.9 Å². The molecule has 0 spiro atoms. The van der Waals surface area contributed by atoms with Gasteiger partial charge >= 0.3 is 0 Å². The fourth-order valence-electron chi connectivity index (χ4n) is 4.76. The van der Waals surface area contributed by atoms with Gasteiger partial charge in [0.15, 0.2) is 0 Å². The first-order chi connectivity index (χ1) is 11.8. The van der Waals surface area contributed by atoms with E-state index >= 15 is 0 Å². The molecule has 2 bridgehead atoms. The minimum atomic E-state index is 0. The Morgan fingerprint density at radius 1 is 1.00 bits per heavy atom.